The van der Waals surface area contributed by atoms with Crippen LogP contribution in [0.4, 0.5) is 15.7 Å². The molecule has 13 heteroatoms. The van der Waals surface area contributed by atoms with Crippen LogP contribution in [0.25, 0.3) is 0 Å². The van der Waals surface area contributed by atoms with Crippen LogP contribution in [-0.2, 0) is 6.54 Å². The van der Waals surface area contributed by atoms with E-state index in [1.165, 1.54) is 0 Å². The first kappa shape index (κ1) is 22.6. The fourth-order valence-corrected chi connectivity index (χ4v) is 5.92. The molecule has 0 aromatic carbocycles. The zero-order valence-electron chi connectivity index (χ0n) is 19.5. The molecular weight excluding hydrogens is 482 g/mol. The topological polar surface area (TPSA) is 129 Å². The van der Waals surface area contributed by atoms with Crippen molar-refractivity contribution in [1.82, 2.24) is 33.9 Å². The molecular formula is C23H25N9O3S. The molecule has 0 spiro atoms. The van der Waals surface area contributed by atoms with Crippen molar-refractivity contribution in [3.05, 3.63) is 58.4 Å². The van der Waals surface area contributed by atoms with E-state index in [2.05, 4.69) is 24.9 Å². The number of pyridine rings is 1. The van der Waals surface area contributed by atoms with Gasteiger partial charge in [-0.05, 0) is 24.5 Å². The Kier molecular flexibility index (Phi) is 5.83. The van der Waals surface area contributed by atoms with Crippen molar-refractivity contribution in [2.45, 2.75) is 18.9 Å². The second-order valence-electron chi connectivity index (χ2n) is 9.31. The van der Waals surface area contributed by atoms with E-state index in [0.29, 0.717) is 56.8 Å². The maximum Gasteiger partial charge on any atom is 0.322 e. The van der Waals surface area contributed by atoms with Crippen LogP contribution in [0.15, 0.2) is 41.5 Å². The van der Waals surface area contributed by atoms with Crippen LogP contribution >= 0.6 is 11.5 Å². The van der Waals surface area contributed by atoms with Gasteiger partial charge in [-0.2, -0.15) is 0 Å². The fourth-order valence-electron chi connectivity index (χ4n) is 5.36. The highest BCUT2D eigenvalue weighted by atomic mass is 32.1. The quantitative estimate of drug-likeness (QED) is 0.558. The summed E-state index contributed by atoms with van der Waals surface area (Å²) < 4.78 is 5.77. The van der Waals surface area contributed by atoms with Crippen LogP contribution < -0.4 is 15.8 Å². The molecule has 2 saturated heterocycles. The third-order valence-electron chi connectivity index (χ3n) is 7.08. The van der Waals surface area contributed by atoms with E-state index >= 15 is 0 Å². The van der Waals surface area contributed by atoms with Crippen molar-refractivity contribution in [2.24, 2.45) is 5.92 Å². The number of piperazine rings is 1. The minimum absolute atomic E-state index is 0.0103. The van der Waals surface area contributed by atoms with Crippen molar-refractivity contribution >= 4 is 34.4 Å². The Hall–Kier alpha value is -3.87. The lowest BCUT2D eigenvalue weighted by Gasteiger charge is -2.42. The summed E-state index contributed by atoms with van der Waals surface area (Å²) in [6.45, 7) is 3.90. The van der Waals surface area contributed by atoms with Crippen LogP contribution in [0.5, 0.6) is 0 Å². The number of urea groups is 1. The van der Waals surface area contributed by atoms with Gasteiger partial charge in [0.15, 0.2) is 10.7 Å². The minimum Gasteiger partial charge on any atom is -0.337 e. The van der Waals surface area contributed by atoms with Gasteiger partial charge >= 0.3 is 6.03 Å². The lowest BCUT2D eigenvalue weighted by molar-refractivity contribution is 0.0741. The van der Waals surface area contributed by atoms with Gasteiger partial charge in [0.2, 0.25) is 5.95 Å². The summed E-state index contributed by atoms with van der Waals surface area (Å²) in [6.07, 6.45) is 4.35. The van der Waals surface area contributed by atoms with Crippen molar-refractivity contribution in [3.8, 4) is 0 Å². The number of anilines is 2. The number of hydrogen-bond donors (Lipinski definition) is 1. The third-order valence-corrected chi connectivity index (χ3v) is 7.72. The van der Waals surface area contributed by atoms with Gasteiger partial charge in [-0.1, -0.05) is 10.6 Å². The van der Waals surface area contributed by atoms with E-state index in [4.69, 9.17) is 0 Å². The number of aromatic nitrogens is 5. The Morgan fingerprint density at radius 1 is 0.972 bits per heavy atom. The molecule has 3 aliphatic rings. The molecule has 3 aliphatic heterocycles. The van der Waals surface area contributed by atoms with E-state index in [1.807, 2.05) is 15.5 Å². The molecule has 6 rings (SSSR count). The SMILES string of the molecule is O=C(Nc1snnc1C(=O)N1CCN(c2ncccn2)CC1)N1C[C@@H]2C[C@@H](C1)c1cccc(=O)n1C2. The van der Waals surface area contributed by atoms with Gasteiger partial charge in [-0.3, -0.25) is 14.9 Å². The van der Waals surface area contributed by atoms with Gasteiger partial charge in [0.1, 0.15) is 0 Å². The second kappa shape index (κ2) is 9.30. The molecule has 0 saturated carbocycles. The fraction of sp³-hybridized carbons (Fsp3) is 0.435. The van der Waals surface area contributed by atoms with Gasteiger partial charge in [0.25, 0.3) is 11.5 Å². The third kappa shape index (κ3) is 4.19. The zero-order chi connectivity index (χ0) is 24.6. The highest BCUT2D eigenvalue weighted by Gasteiger charge is 2.37. The summed E-state index contributed by atoms with van der Waals surface area (Å²) in [5, 5.41) is 7.26. The highest BCUT2D eigenvalue weighted by Crippen LogP contribution is 2.35. The summed E-state index contributed by atoms with van der Waals surface area (Å²) in [7, 11) is 0. The van der Waals surface area contributed by atoms with E-state index < -0.39 is 0 Å². The molecule has 2 fully saturated rings. The van der Waals surface area contributed by atoms with Gasteiger partial charge in [0.05, 0.1) is 0 Å². The van der Waals surface area contributed by atoms with Gasteiger partial charge in [-0.25, -0.2) is 14.8 Å². The molecule has 0 unspecified atom stereocenters. The van der Waals surface area contributed by atoms with E-state index in [-0.39, 0.29) is 35.0 Å². The van der Waals surface area contributed by atoms with Crippen molar-refractivity contribution < 1.29 is 9.59 Å². The Balaban J connectivity index is 1.10. The van der Waals surface area contributed by atoms with Gasteiger partial charge in [-0.15, -0.1) is 5.10 Å². The number of nitrogens with one attached hydrogen (secondary N) is 1. The lowest BCUT2D eigenvalue weighted by Crippen LogP contribution is -2.50. The van der Waals surface area contributed by atoms with Crippen LogP contribution in [0.2, 0.25) is 0 Å². The number of carbonyl (C=O) groups is 2. The number of amides is 3. The summed E-state index contributed by atoms with van der Waals surface area (Å²) in [6, 6.07) is 6.82. The molecule has 3 aromatic rings. The van der Waals surface area contributed by atoms with Crippen LogP contribution in [0, 0.1) is 5.92 Å². The molecule has 0 radical (unpaired) electrons. The summed E-state index contributed by atoms with van der Waals surface area (Å²) >= 11 is 1.00. The molecule has 186 valence electrons. The summed E-state index contributed by atoms with van der Waals surface area (Å²) in [5.74, 6) is 0.721. The lowest BCUT2D eigenvalue weighted by atomic mass is 9.83. The van der Waals surface area contributed by atoms with Crippen LogP contribution in [0.1, 0.15) is 28.5 Å². The molecule has 36 heavy (non-hydrogen) atoms. The number of hydrogen-bond acceptors (Lipinski definition) is 9. The number of nitrogens with zero attached hydrogens (tertiary/aromatic N) is 8. The molecule has 3 aromatic heterocycles. The summed E-state index contributed by atoms with van der Waals surface area (Å²) in [5.41, 5.74) is 1.15. The Morgan fingerprint density at radius 3 is 2.58 bits per heavy atom. The molecule has 3 amide bonds. The maximum absolute atomic E-state index is 13.2. The first-order chi connectivity index (χ1) is 17.6. The molecule has 0 aliphatic carbocycles. The Bertz CT molecular complexity index is 1340. The number of likely N-dealkylation sites (tertiary alicyclic amines) is 1. The maximum atomic E-state index is 13.2. The average molecular weight is 508 g/mol. The predicted molar refractivity (Wildman–Crippen MR) is 132 cm³/mol. The Morgan fingerprint density at radius 2 is 1.78 bits per heavy atom. The molecule has 2 bridgehead atoms. The molecule has 12 nitrogen and oxygen atoms in total. The zero-order valence-corrected chi connectivity index (χ0v) is 20.3. The first-order valence-corrected chi connectivity index (χ1v) is 12.7. The average Bonchev–Trinajstić information content (AvgIpc) is 3.37. The highest BCUT2D eigenvalue weighted by molar-refractivity contribution is 7.10. The normalized spacial score (nSPS) is 21.2. The standard InChI is InChI=1S/C23H25N9O3S/c33-18-4-1-3-17-16-11-15(13-32(17)18)12-31(14-16)23(35)26-20-19(27-28-36-20)21(34)29-7-9-30(10-8-29)22-24-5-2-6-25-22/h1-6,15-16H,7-14H2,(H,26,35)/t15-,16-/m0/s1. The second-order valence-corrected chi connectivity index (χ2v) is 10.1. The monoisotopic (exact) mass is 507 g/mol. The van der Waals surface area contributed by atoms with Crippen molar-refractivity contribution in [2.75, 3.05) is 49.5 Å². The number of carbonyl (C=O) groups excluding carboxylic acids is 2. The van der Waals surface area contributed by atoms with Crippen LogP contribution in [0.3, 0.4) is 0 Å². The van der Waals surface area contributed by atoms with Gasteiger partial charge < -0.3 is 19.3 Å². The molecule has 2 atom stereocenters. The number of piperidine rings is 1. The van der Waals surface area contributed by atoms with E-state index in [9.17, 15) is 14.4 Å². The summed E-state index contributed by atoms with van der Waals surface area (Å²) in [4.78, 5) is 52.7. The largest absolute Gasteiger partial charge is 0.337 e. The Labute approximate surface area is 210 Å². The predicted octanol–water partition coefficient (Wildman–Crippen LogP) is 1.10. The van der Waals surface area contributed by atoms with E-state index in [0.717, 1.165) is 23.6 Å². The number of rotatable bonds is 3. The molecule has 1 N–H and O–H groups in total. The first-order valence-electron chi connectivity index (χ1n) is 12.0. The number of fused-ring (bicyclic) bond motifs is 4. The van der Waals surface area contributed by atoms with Crippen LogP contribution in [-0.4, -0.2) is 85.1 Å². The smallest absolute Gasteiger partial charge is 0.322 e. The minimum atomic E-state index is -0.275. The molecule has 6 heterocycles. The van der Waals surface area contributed by atoms with Gasteiger partial charge in [0, 0.05) is 87.4 Å². The van der Waals surface area contributed by atoms with Crippen molar-refractivity contribution in [1.29, 1.82) is 0 Å². The van der Waals surface area contributed by atoms with Crippen molar-refractivity contribution in [3.63, 3.8) is 0 Å². The van der Waals surface area contributed by atoms with E-state index in [1.54, 1.807) is 40.4 Å².